The van der Waals surface area contributed by atoms with Gasteiger partial charge < -0.3 is 15.7 Å². The van der Waals surface area contributed by atoms with Crippen LogP contribution in [0.3, 0.4) is 0 Å². The van der Waals surface area contributed by atoms with Gasteiger partial charge in [0.1, 0.15) is 0 Å². The Balaban J connectivity index is 1.69. The molecule has 0 bridgehead atoms. The molecule has 1 atom stereocenters. The van der Waals surface area contributed by atoms with Crippen molar-refractivity contribution in [1.82, 2.24) is 20.4 Å². The maximum absolute atomic E-state index is 11.8. The summed E-state index contributed by atoms with van der Waals surface area (Å²) in [6.07, 6.45) is 6.64. The zero-order valence-electron chi connectivity index (χ0n) is 11.2. The molecule has 2 amide bonds. The molecule has 2 rings (SSSR count). The number of carbonyl (C=O) groups is 1. The highest BCUT2D eigenvalue weighted by molar-refractivity contribution is 5.74. The molecule has 3 N–H and O–H groups in total. The van der Waals surface area contributed by atoms with Gasteiger partial charge in [0.25, 0.3) is 0 Å². The summed E-state index contributed by atoms with van der Waals surface area (Å²) in [4.78, 5) is 11.8. The van der Waals surface area contributed by atoms with E-state index in [0.717, 1.165) is 25.7 Å². The molecule has 0 saturated heterocycles. The van der Waals surface area contributed by atoms with Crippen molar-refractivity contribution in [1.29, 1.82) is 0 Å². The van der Waals surface area contributed by atoms with Crippen LogP contribution in [0.4, 0.5) is 4.79 Å². The SMILES string of the molecule is C[C@@H](Cn1cccn1)NC(=O)NC1CCC(O)CC1. The Morgan fingerprint density at radius 3 is 2.84 bits per heavy atom. The zero-order valence-corrected chi connectivity index (χ0v) is 11.2. The average molecular weight is 266 g/mol. The van der Waals surface area contributed by atoms with Crippen LogP contribution in [-0.2, 0) is 6.54 Å². The lowest BCUT2D eigenvalue weighted by Crippen LogP contribution is -2.47. The summed E-state index contributed by atoms with van der Waals surface area (Å²) in [5.41, 5.74) is 0. The van der Waals surface area contributed by atoms with Gasteiger partial charge in [-0.25, -0.2) is 4.79 Å². The number of amides is 2. The molecule has 0 aliphatic heterocycles. The monoisotopic (exact) mass is 266 g/mol. The van der Waals surface area contributed by atoms with Gasteiger partial charge >= 0.3 is 6.03 Å². The molecule has 1 heterocycles. The number of hydrogen-bond acceptors (Lipinski definition) is 3. The summed E-state index contributed by atoms with van der Waals surface area (Å²) in [5.74, 6) is 0. The lowest BCUT2D eigenvalue weighted by Gasteiger charge is -2.27. The van der Waals surface area contributed by atoms with Gasteiger partial charge in [-0.15, -0.1) is 0 Å². The van der Waals surface area contributed by atoms with Gasteiger partial charge in [0, 0.05) is 24.5 Å². The van der Waals surface area contributed by atoms with Crippen LogP contribution in [0, 0.1) is 0 Å². The van der Waals surface area contributed by atoms with Gasteiger partial charge in [-0.3, -0.25) is 4.68 Å². The molecule has 1 aliphatic carbocycles. The van der Waals surface area contributed by atoms with Crippen LogP contribution in [-0.4, -0.2) is 39.1 Å². The molecule has 1 fully saturated rings. The van der Waals surface area contributed by atoms with Crippen molar-refractivity contribution < 1.29 is 9.90 Å². The van der Waals surface area contributed by atoms with Crippen LogP contribution in [0.25, 0.3) is 0 Å². The fraction of sp³-hybridized carbons (Fsp3) is 0.692. The van der Waals surface area contributed by atoms with Gasteiger partial charge in [-0.05, 0) is 38.7 Å². The summed E-state index contributed by atoms with van der Waals surface area (Å²) in [6.45, 7) is 2.61. The maximum atomic E-state index is 11.8. The Morgan fingerprint density at radius 2 is 2.21 bits per heavy atom. The Kier molecular flexibility index (Phi) is 4.79. The summed E-state index contributed by atoms with van der Waals surface area (Å²) in [7, 11) is 0. The van der Waals surface area contributed by atoms with Crippen molar-refractivity contribution >= 4 is 6.03 Å². The van der Waals surface area contributed by atoms with E-state index in [1.165, 1.54) is 0 Å². The Morgan fingerprint density at radius 1 is 1.47 bits per heavy atom. The molecule has 0 aromatic carbocycles. The largest absolute Gasteiger partial charge is 0.393 e. The normalized spacial score (nSPS) is 24.7. The highest BCUT2D eigenvalue weighted by Crippen LogP contribution is 2.18. The van der Waals surface area contributed by atoms with Crippen LogP contribution >= 0.6 is 0 Å². The van der Waals surface area contributed by atoms with E-state index in [1.54, 1.807) is 10.9 Å². The quantitative estimate of drug-likeness (QED) is 0.756. The number of aliphatic hydroxyl groups excluding tert-OH is 1. The van der Waals surface area contributed by atoms with Crippen LogP contribution < -0.4 is 10.6 Å². The first-order valence-electron chi connectivity index (χ1n) is 6.86. The minimum absolute atomic E-state index is 0.0223. The molecule has 1 aliphatic rings. The molecule has 0 unspecified atom stereocenters. The third-order valence-corrected chi connectivity index (χ3v) is 3.43. The number of hydrogen-bond donors (Lipinski definition) is 3. The van der Waals surface area contributed by atoms with Gasteiger partial charge in [0.15, 0.2) is 0 Å². The molecule has 6 heteroatoms. The predicted molar refractivity (Wildman–Crippen MR) is 71.6 cm³/mol. The smallest absolute Gasteiger partial charge is 0.315 e. The average Bonchev–Trinajstić information content (AvgIpc) is 2.84. The van der Waals surface area contributed by atoms with Gasteiger partial charge in [0.2, 0.25) is 0 Å². The topological polar surface area (TPSA) is 79.2 Å². The lowest BCUT2D eigenvalue weighted by atomic mass is 9.93. The molecule has 0 radical (unpaired) electrons. The summed E-state index contributed by atoms with van der Waals surface area (Å²) in [5, 5.41) is 19.4. The van der Waals surface area contributed by atoms with E-state index >= 15 is 0 Å². The molecule has 1 saturated carbocycles. The standard InChI is InChI=1S/C13H22N4O2/c1-10(9-17-8-2-7-14-17)15-13(19)16-11-3-5-12(18)6-4-11/h2,7-8,10-12,18H,3-6,9H2,1H3,(H2,15,16,19)/t10-,11?,12?/m0/s1. The molecule has 106 valence electrons. The molecule has 1 aromatic heterocycles. The molecular weight excluding hydrogens is 244 g/mol. The van der Waals surface area contributed by atoms with E-state index in [1.807, 2.05) is 19.2 Å². The van der Waals surface area contributed by atoms with Gasteiger partial charge in [-0.2, -0.15) is 5.10 Å². The lowest BCUT2D eigenvalue weighted by molar-refractivity contribution is 0.117. The molecule has 0 spiro atoms. The van der Waals surface area contributed by atoms with E-state index in [9.17, 15) is 9.90 Å². The Bertz CT molecular complexity index is 385. The van der Waals surface area contributed by atoms with Gasteiger partial charge in [0.05, 0.1) is 12.6 Å². The Hall–Kier alpha value is -1.56. The van der Waals surface area contributed by atoms with Crippen molar-refractivity contribution in [3.8, 4) is 0 Å². The van der Waals surface area contributed by atoms with Gasteiger partial charge in [-0.1, -0.05) is 0 Å². The molecule has 6 nitrogen and oxygen atoms in total. The minimum Gasteiger partial charge on any atom is -0.393 e. The van der Waals surface area contributed by atoms with Crippen LogP contribution in [0.5, 0.6) is 0 Å². The van der Waals surface area contributed by atoms with Crippen molar-refractivity contribution in [2.24, 2.45) is 0 Å². The first kappa shape index (κ1) is 13.9. The Labute approximate surface area is 113 Å². The number of aromatic nitrogens is 2. The van der Waals surface area contributed by atoms with Crippen LogP contribution in [0.15, 0.2) is 18.5 Å². The highest BCUT2D eigenvalue weighted by atomic mass is 16.3. The minimum atomic E-state index is -0.195. The van der Waals surface area contributed by atoms with Crippen molar-refractivity contribution in [2.45, 2.75) is 57.3 Å². The second-order valence-electron chi connectivity index (χ2n) is 5.25. The predicted octanol–water partition coefficient (Wildman–Crippen LogP) is 0.874. The number of aliphatic hydroxyl groups is 1. The summed E-state index contributed by atoms with van der Waals surface area (Å²) >= 11 is 0. The third kappa shape index (κ3) is 4.55. The number of nitrogens with zero attached hydrogens (tertiary/aromatic N) is 2. The fourth-order valence-corrected chi connectivity index (χ4v) is 2.41. The first-order valence-corrected chi connectivity index (χ1v) is 6.86. The fourth-order valence-electron chi connectivity index (χ4n) is 2.41. The first-order chi connectivity index (χ1) is 9.13. The van der Waals surface area contributed by atoms with E-state index in [0.29, 0.717) is 6.54 Å². The number of urea groups is 1. The van der Waals surface area contributed by atoms with Crippen LogP contribution in [0.1, 0.15) is 32.6 Å². The van der Waals surface area contributed by atoms with E-state index < -0.39 is 0 Å². The van der Waals surface area contributed by atoms with E-state index in [-0.39, 0.29) is 24.2 Å². The zero-order chi connectivity index (χ0) is 13.7. The summed E-state index contributed by atoms with van der Waals surface area (Å²) in [6, 6.07) is 1.93. The van der Waals surface area contributed by atoms with E-state index in [2.05, 4.69) is 15.7 Å². The molecule has 19 heavy (non-hydrogen) atoms. The van der Waals surface area contributed by atoms with Crippen LogP contribution in [0.2, 0.25) is 0 Å². The summed E-state index contributed by atoms with van der Waals surface area (Å²) < 4.78 is 1.79. The highest BCUT2D eigenvalue weighted by Gasteiger charge is 2.21. The molecular formula is C13H22N4O2. The number of rotatable bonds is 4. The van der Waals surface area contributed by atoms with E-state index in [4.69, 9.17) is 0 Å². The van der Waals surface area contributed by atoms with Crippen molar-refractivity contribution in [3.05, 3.63) is 18.5 Å². The third-order valence-electron chi connectivity index (χ3n) is 3.43. The second-order valence-corrected chi connectivity index (χ2v) is 5.25. The number of carbonyl (C=O) groups excluding carboxylic acids is 1. The number of nitrogens with one attached hydrogen (secondary N) is 2. The van der Waals surface area contributed by atoms with Crippen molar-refractivity contribution in [3.63, 3.8) is 0 Å². The maximum Gasteiger partial charge on any atom is 0.315 e. The second kappa shape index (κ2) is 6.56. The molecule has 1 aromatic rings. The van der Waals surface area contributed by atoms with Crippen molar-refractivity contribution in [2.75, 3.05) is 0 Å².